The number of benzene rings is 1. The van der Waals surface area contributed by atoms with Gasteiger partial charge in [-0.25, -0.2) is 0 Å². The Labute approximate surface area is 130 Å². The van der Waals surface area contributed by atoms with Crippen molar-refractivity contribution in [1.29, 1.82) is 0 Å². The van der Waals surface area contributed by atoms with E-state index in [-0.39, 0.29) is 18.4 Å². The van der Waals surface area contributed by atoms with Crippen LogP contribution < -0.4 is 5.32 Å². The number of rotatable bonds is 8. The minimum atomic E-state index is -0.183. The summed E-state index contributed by atoms with van der Waals surface area (Å²) >= 11 is 5.80. The molecule has 0 fully saturated rings. The van der Waals surface area contributed by atoms with Crippen molar-refractivity contribution in [2.45, 2.75) is 19.9 Å². The summed E-state index contributed by atoms with van der Waals surface area (Å²) in [5.41, 5.74) is 0.960. The highest BCUT2D eigenvalue weighted by Crippen LogP contribution is 2.09. The van der Waals surface area contributed by atoms with Crippen LogP contribution in [0.1, 0.15) is 18.9 Å². The van der Waals surface area contributed by atoms with Crippen LogP contribution in [0.4, 0.5) is 0 Å². The van der Waals surface area contributed by atoms with E-state index in [1.165, 1.54) is 11.8 Å². The van der Waals surface area contributed by atoms with Crippen LogP contribution in [0.2, 0.25) is 5.02 Å². The fourth-order valence-corrected chi connectivity index (χ4v) is 1.91. The van der Waals surface area contributed by atoms with Crippen LogP contribution in [0.25, 0.3) is 0 Å². The maximum atomic E-state index is 11.9. The van der Waals surface area contributed by atoms with Crippen LogP contribution in [0.3, 0.4) is 0 Å². The minimum Gasteiger partial charge on any atom is -0.385 e. The van der Waals surface area contributed by atoms with Gasteiger partial charge in [-0.05, 0) is 24.1 Å². The topological polar surface area (TPSA) is 58.6 Å². The Morgan fingerprint density at radius 3 is 2.52 bits per heavy atom. The van der Waals surface area contributed by atoms with Crippen molar-refractivity contribution in [3.8, 4) is 0 Å². The number of halogens is 1. The van der Waals surface area contributed by atoms with Gasteiger partial charge in [-0.1, -0.05) is 23.7 Å². The van der Waals surface area contributed by atoms with Crippen LogP contribution in [0, 0.1) is 0 Å². The first-order valence-electron chi connectivity index (χ1n) is 6.78. The van der Waals surface area contributed by atoms with Crippen LogP contribution in [-0.2, 0) is 20.9 Å². The van der Waals surface area contributed by atoms with Crippen molar-refractivity contribution in [3.63, 3.8) is 0 Å². The fraction of sp³-hybridized carbons (Fsp3) is 0.467. The Bertz CT molecular complexity index is 462. The van der Waals surface area contributed by atoms with Gasteiger partial charge >= 0.3 is 0 Å². The Kier molecular flexibility index (Phi) is 7.79. The molecule has 0 unspecified atom stereocenters. The standard InChI is InChI=1S/C15H21ClN2O3/c1-12(19)18(8-3-9-21-2)11-15(20)17-10-13-4-6-14(16)7-5-13/h4-7H,3,8-11H2,1-2H3,(H,17,20). The van der Waals surface area contributed by atoms with Gasteiger partial charge in [0.15, 0.2) is 0 Å². The van der Waals surface area contributed by atoms with Crippen molar-refractivity contribution in [1.82, 2.24) is 10.2 Å². The fourth-order valence-electron chi connectivity index (χ4n) is 1.78. The second-order valence-electron chi connectivity index (χ2n) is 4.69. The quantitative estimate of drug-likeness (QED) is 0.745. The lowest BCUT2D eigenvalue weighted by Crippen LogP contribution is -2.40. The van der Waals surface area contributed by atoms with Gasteiger partial charge in [0.2, 0.25) is 11.8 Å². The number of ether oxygens (including phenoxy) is 1. The number of nitrogens with zero attached hydrogens (tertiary/aromatic N) is 1. The largest absolute Gasteiger partial charge is 0.385 e. The van der Waals surface area contributed by atoms with Gasteiger partial charge in [-0.3, -0.25) is 9.59 Å². The van der Waals surface area contributed by atoms with E-state index >= 15 is 0 Å². The number of hydrogen-bond donors (Lipinski definition) is 1. The average molecular weight is 313 g/mol. The molecule has 0 aliphatic rings. The van der Waals surface area contributed by atoms with E-state index in [0.717, 1.165) is 5.56 Å². The zero-order valence-corrected chi connectivity index (χ0v) is 13.2. The van der Waals surface area contributed by atoms with Gasteiger partial charge in [0.1, 0.15) is 0 Å². The molecule has 1 aromatic carbocycles. The molecular weight excluding hydrogens is 292 g/mol. The highest BCUT2D eigenvalue weighted by molar-refractivity contribution is 6.30. The summed E-state index contributed by atoms with van der Waals surface area (Å²) < 4.78 is 4.94. The molecule has 0 saturated heterocycles. The molecule has 1 N–H and O–H groups in total. The molecule has 0 spiro atoms. The van der Waals surface area contributed by atoms with Crippen LogP contribution in [0.5, 0.6) is 0 Å². The van der Waals surface area contributed by atoms with Crippen molar-refractivity contribution >= 4 is 23.4 Å². The molecule has 1 rings (SSSR count). The summed E-state index contributed by atoms with van der Waals surface area (Å²) in [6.07, 6.45) is 0.709. The lowest BCUT2D eigenvalue weighted by molar-refractivity contribution is -0.134. The van der Waals surface area contributed by atoms with E-state index < -0.39 is 0 Å². The first kappa shape index (κ1) is 17.5. The summed E-state index contributed by atoms with van der Waals surface area (Å²) in [7, 11) is 1.61. The van der Waals surface area contributed by atoms with Crippen LogP contribution in [0.15, 0.2) is 24.3 Å². The van der Waals surface area contributed by atoms with E-state index in [1.807, 2.05) is 12.1 Å². The molecule has 0 aromatic heterocycles. The van der Waals surface area contributed by atoms with Crippen molar-refractivity contribution in [2.75, 3.05) is 26.8 Å². The number of nitrogens with one attached hydrogen (secondary N) is 1. The van der Waals surface area contributed by atoms with Gasteiger partial charge in [-0.2, -0.15) is 0 Å². The van der Waals surface area contributed by atoms with Gasteiger partial charge in [0, 0.05) is 38.8 Å². The monoisotopic (exact) mass is 312 g/mol. The second kappa shape index (κ2) is 9.37. The SMILES string of the molecule is COCCCN(CC(=O)NCc1ccc(Cl)cc1)C(C)=O. The summed E-state index contributed by atoms with van der Waals surface area (Å²) in [5.74, 6) is -0.301. The predicted molar refractivity (Wildman–Crippen MR) is 82.0 cm³/mol. The van der Waals surface area contributed by atoms with E-state index in [1.54, 1.807) is 19.2 Å². The third-order valence-electron chi connectivity index (χ3n) is 2.96. The Balaban J connectivity index is 2.39. The zero-order valence-electron chi connectivity index (χ0n) is 12.4. The highest BCUT2D eigenvalue weighted by atomic mass is 35.5. The predicted octanol–water partition coefficient (Wildman–Crippen LogP) is 1.84. The zero-order chi connectivity index (χ0) is 15.7. The van der Waals surface area contributed by atoms with Gasteiger partial charge in [0.25, 0.3) is 0 Å². The molecular formula is C15H21ClN2O3. The molecule has 0 atom stereocenters. The molecule has 2 amide bonds. The van der Waals surface area contributed by atoms with Crippen LogP contribution in [-0.4, -0.2) is 43.5 Å². The molecule has 0 aliphatic carbocycles. The minimum absolute atomic E-state index is 0.0621. The lowest BCUT2D eigenvalue weighted by Gasteiger charge is -2.20. The molecule has 0 bridgehead atoms. The van der Waals surface area contributed by atoms with Crippen molar-refractivity contribution < 1.29 is 14.3 Å². The van der Waals surface area contributed by atoms with E-state index in [9.17, 15) is 9.59 Å². The van der Waals surface area contributed by atoms with Crippen molar-refractivity contribution in [2.24, 2.45) is 0 Å². The molecule has 6 heteroatoms. The van der Waals surface area contributed by atoms with E-state index in [2.05, 4.69) is 5.32 Å². The van der Waals surface area contributed by atoms with E-state index in [0.29, 0.717) is 31.1 Å². The summed E-state index contributed by atoms with van der Waals surface area (Å²) in [6, 6.07) is 7.25. The van der Waals surface area contributed by atoms with Gasteiger partial charge < -0.3 is 15.0 Å². The van der Waals surface area contributed by atoms with Crippen molar-refractivity contribution in [3.05, 3.63) is 34.9 Å². The Morgan fingerprint density at radius 2 is 1.95 bits per heavy atom. The summed E-state index contributed by atoms with van der Waals surface area (Å²) in [5, 5.41) is 3.45. The molecule has 0 heterocycles. The van der Waals surface area contributed by atoms with E-state index in [4.69, 9.17) is 16.3 Å². The normalized spacial score (nSPS) is 10.2. The third-order valence-corrected chi connectivity index (χ3v) is 3.21. The number of hydrogen-bond acceptors (Lipinski definition) is 3. The first-order valence-corrected chi connectivity index (χ1v) is 7.16. The highest BCUT2D eigenvalue weighted by Gasteiger charge is 2.12. The average Bonchev–Trinajstić information content (AvgIpc) is 2.45. The van der Waals surface area contributed by atoms with Gasteiger partial charge in [0.05, 0.1) is 6.54 Å². The molecule has 0 saturated carbocycles. The molecule has 0 radical (unpaired) electrons. The first-order chi connectivity index (χ1) is 10.0. The molecule has 1 aromatic rings. The molecule has 5 nitrogen and oxygen atoms in total. The lowest BCUT2D eigenvalue weighted by atomic mass is 10.2. The molecule has 0 aliphatic heterocycles. The summed E-state index contributed by atoms with van der Waals surface area (Å²) in [6.45, 7) is 3.01. The second-order valence-corrected chi connectivity index (χ2v) is 5.13. The van der Waals surface area contributed by atoms with Gasteiger partial charge in [-0.15, -0.1) is 0 Å². The Morgan fingerprint density at radius 1 is 1.29 bits per heavy atom. The number of carbonyl (C=O) groups excluding carboxylic acids is 2. The maximum absolute atomic E-state index is 11.9. The van der Waals surface area contributed by atoms with Crippen LogP contribution >= 0.6 is 11.6 Å². The third kappa shape index (κ3) is 7.11. The smallest absolute Gasteiger partial charge is 0.239 e. The Hall–Kier alpha value is -1.59. The number of amides is 2. The molecule has 21 heavy (non-hydrogen) atoms. The maximum Gasteiger partial charge on any atom is 0.239 e. The number of carbonyl (C=O) groups is 2. The number of methoxy groups -OCH3 is 1. The summed E-state index contributed by atoms with van der Waals surface area (Å²) in [4.78, 5) is 24.9. The molecule has 116 valence electrons.